The Balaban J connectivity index is 1.71. The van der Waals surface area contributed by atoms with E-state index in [0.29, 0.717) is 10.7 Å². The quantitative estimate of drug-likeness (QED) is 0.380. The summed E-state index contributed by atoms with van der Waals surface area (Å²) < 4.78 is 0. The number of aromatic amines is 1. The standard InChI is InChI=1S/C21H14ClN3O4/c22-14-5-6-15-13(7-14)10-18(23-15)19(26)24-16-8-11-3-1-2-4-12(11)9-17(16)25-20(27)21(28)29/h1-10,23H,(H,24,26)(H,25,27)(H,28,29). The number of hydrogen-bond acceptors (Lipinski definition) is 3. The Bertz CT molecular complexity index is 1300. The Morgan fingerprint density at radius 2 is 1.48 bits per heavy atom. The lowest BCUT2D eigenvalue weighted by Crippen LogP contribution is -2.23. The first-order valence-electron chi connectivity index (χ1n) is 8.57. The van der Waals surface area contributed by atoms with Gasteiger partial charge in [-0.1, -0.05) is 35.9 Å². The lowest BCUT2D eigenvalue weighted by Gasteiger charge is -2.13. The lowest BCUT2D eigenvalue weighted by atomic mass is 10.1. The number of benzene rings is 3. The first-order chi connectivity index (χ1) is 13.9. The number of anilines is 2. The molecule has 0 bridgehead atoms. The molecule has 7 nitrogen and oxygen atoms in total. The van der Waals surface area contributed by atoms with E-state index in [4.69, 9.17) is 16.7 Å². The van der Waals surface area contributed by atoms with Crippen LogP contribution >= 0.6 is 11.6 Å². The van der Waals surface area contributed by atoms with Crippen LogP contribution in [0.3, 0.4) is 0 Å². The summed E-state index contributed by atoms with van der Waals surface area (Å²) in [5.74, 6) is -3.27. The first kappa shape index (κ1) is 18.5. The van der Waals surface area contributed by atoms with Gasteiger partial charge in [-0.3, -0.25) is 9.59 Å². The molecule has 144 valence electrons. The maximum absolute atomic E-state index is 12.8. The van der Waals surface area contributed by atoms with Crippen LogP contribution < -0.4 is 10.6 Å². The molecule has 0 aliphatic rings. The van der Waals surface area contributed by atoms with Crippen molar-refractivity contribution in [2.45, 2.75) is 0 Å². The van der Waals surface area contributed by atoms with Crippen LogP contribution in [0.1, 0.15) is 10.5 Å². The van der Waals surface area contributed by atoms with Crippen molar-refractivity contribution >= 4 is 62.4 Å². The highest BCUT2D eigenvalue weighted by Crippen LogP contribution is 2.29. The number of fused-ring (bicyclic) bond motifs is 2. The number of halogens is 1. The molecule has 1 aromatic heterocycles. The molecule has 0 atom stereocenters. The zero-order chi connectivity index (χ0) is 20.5. The fourth-order valence-electron chi connectivity index (χ4n) is 3.04. The second-order valence-corrected chi connectivity index (χ2v) is 6.81. The monoisotopic (exact) mass is 407 g/mol. The third-order valence-electron chi connectivity index (χ3n) is 4.40. The van der Waals surface area contributed by atoms with Crippen molar-refractivity contribution in [2.75, 3.05) is 10.6 Å². The van der Waals surface area contributed by atoms with E-state index in [1.807, 2.05) is 24.3 Å². The van der Waals surface area contributed by atoms with Gasteiger partial charge in [0.25, 0.3) is 5.91 Å². The Hall–Kier alpha value is -3.84. The number of aliphatic carboxylic acids is 1. The first-order valence-corrected chi connectivity index (χ1v) is 8.95. The van der Waals surface area contributed by atoms with Crippen LogP contribution in [-0.4, -0.2) is 27.9 Å². The van der Waals surface area contributed by atoms with E-state index in [1.165, 1.54) is 0 Å². The SMILES string of the molecule is O=C(O)C(=O)Nc1cc2ccccc2cc1NC(=O)c1cc2cc(Cl)ccc2[nH]1. The van der Waals surface area contributed by atoms with E-state index in [9.17, 15) is 14.4 Å². The zero-order valence-electron chi connectivity index (χ0n) is 14.8. The number of nitrogens with one attached hydrogen (secondary N) is 3. The van der Waals surface area contributed by atoms with Crippen molar-refractivity contribution in [1.29, 1.82) is 0 Å². The van der Waals surface area contributed by atoms with E-state index < -0.39 is 17.8 Å². The van der Waals surface area contributed by atoms with Crippen molar-refractivity contribution in [3.05, 3.63) is 71.4 Å². The molecular weight excluding hydrogens is 394 g/mol. The van der Waals surface area contributed by atoms with Gasteiger partial charge in [0.05, 0.1) is 11.4 Å². The molecule has 29 heavy (non-hydrogen) atoms. The maximum Gasteiger partial charge on any atom is 0.394 e. The number of rotatable bonds is 3. The summed E-state index contributed by atoms with van der Waals surface area (Å²) in [5, 5.41) is 16.9. The van der Waals surface area contributed by atoms with Gasteiger partial charge >= 0.3 is 11.9 Å². The fraction of sp³-hybridized carbons (Fsp3) is 0. The second-order valence-electron chi connectivity index (χ2n) is 6.37. The molecule has 0 unspecified atom stereocenters. The third-order valence-corrected chi connectivity index (χ3v) is 4.64. The number of H-pyrrole nitrogens is 1. The van der Waals surface area contributed by atoms with Crippen LogP contribution in [0, 0.1) is 0 Å². The summed E-state index contributed by atoms with van der Waals surface area (Å²) in [6, 6.07) is 17.5. The van der Waals surface area contributed by atoms with Gasteiger partial charge in [0.1, 0.15) is 5.69 Å². The topological polar surface area (TPSA) is 111 Å². The van der Waals surface area contributed by atoms with Crippen molar-refractivity contribution in [1.82, 2.24) is 4.98 Å². The third kappa shape index (κ3) is 3.76. The number of aromatic nitrogens is 1. The number of carbonyl (C=O) groups excluding carboxylic acids is 2. The fourth-order valence-corrected chi connectivity index (χ4v) is 3.22. The molecule has 3 aromatic carbocycles. The molecule has 0 saturated heterocycles. The summed E-state index contributed by atoms with van der Waals surface area (Å²) in [7, 11) is 0. The highest BCUT2D eigenvalue weighted by molar-refractivity contribution is 6.37. The minimum absolute atomic E-state index is 0.184. The largest absolute Gasteiger partial charge is 0.474 e. The summed E-state index contributed by atoms with van der Waals surface area (Å²) in [6.45, 7) is 0. The van der Waals surface area contributed by atoms with E-state index in [-0.39, 0.29) is 11.4 Å². The smallest absolute Gasteiger partial charge is 0.394 e. The normalized spacial score (nSPS) is 10.8. The maximum atomic E-state index is 12.8. The van der Waals surface area contributed by atoms with E-state index >= 15 is 0 Å². The van der Waals surface area contributed by atoms with Crippen molar-refractivity contribution in [3.8, 4) is 0 Å². The Kier molecular flexibility index (Phi) is 4.66. The van der Waals surface area contributed by atoms with Crippen molar-refractivity contribution in [2.24, 2.45) is 0 Å². The molecule has 0 saturated carbocycles. The molecule has 0 spiro atoms. The van der Waals surface area contributed by atoms with Crippen LogP contribution in [0.15, 0.2) is 60.7 Å². The van der Waals surface area contributed by atoms with Crippen LogP contribution in [-0.2, 0) is 9.59 Å². The van der Waals surface area contributed by atoms with Gasteiger partial charge in [-0.25, -0.2) is 4.79 Å². The number of carboxylic acid groups (broad SMARTS) is 1. The van der Waals surface area contributed by atoms with E-state index in [1.54, 1.807) is 36.4 Å². The minimum atomic E-state index is -1.62. The summed E-state index contributed by atoms with van der Waals surface area (Å²) in [5.41, 5.74) is 1.51. The Morgan fingerprint density at radius 1 is 0.828 bits per heavy atom. The summed E-state index contributed by atoms with van der Waals surface area (Å²) in [4.78, 5) is 38.4. The van der Waals surface area contributed by atoms with Gasteiger partial charge in [0.15, 0.2) is 0 Å². The number of carboxylic acids is 1. The molecule has 4 rings (SSSR count). The Labute approximate surface area is 169 Å². The van der Waals surface area contributed by atoms with Crippen LogP contribution in [0.5, 0.6) is 0 Å². The van der Waals surface area contributed by atoms with Gasteiger partial charge in [-0.2, -0.15) is 0 Å². The molecule has 2 amide bonds. The van der Waals surface area contributed by atoms with Crippen LogP contribution in [0.2, 0.25) is 5.02 Å². The number of carbonyl (C=O) groups is 3. The van der Waals surface area contributed by atoms with Gasteiger partial charge in [0, 0.05) is 15.9 Å². The molecule has 0 radical (unpaired) electrons. The summed E-state index contributed by atoms with van der Waals surface area (Å²) >= 11 is 5.98. The predicted octanol–water partition coefficient (Wildman–Crippen LogP) is 4.25. The highest BCUT2D eigenvalue weighted by atomic mass is 35.5. The van der Waals surface area contributed by atoms with Gasteiger partial charge < -0.3 is 20.7 Å². The molecule has 1 heterocycles. The number of hydrogen-bond donors (Lipinski definition) is 4. The van der Waals surface area contributed by atoms with E-state index in [0.717, 1.165) is 21.7 Å². The Morgan fingerprint density at radius 3 is 2.14 bits per heavy atom. The van der Waals surface area contributed by atoms with Gasteiger partial charge in [0.2, 0.25) is 0 Å². The molecule has 8 heteroatoms. The number of amides is 2. The summed E-state index contributed by atoms with van der Waals surface area (Å²) in [6.07, 6.45) is 0. The van der Waals surface area contributed by atoms with Crippen LogP contribution in [0.25, 0.3) is 21.7 Å². The molecule has 4 N–H and O–H groups in total. The zero-order valence-corrected chi connectivity index (χ0v) is 15.6. The average Bonchev–Trinajstić information content (AvgIpc) is 3.11. The molecule has 0 fully saturated rings. The lowest BCUT2D eigenvalue weighted by molar-refractivity contribution is -0.147. The van der Waals surface area contributed by atoms with Crippen LogP contribution in [0.4, 0.5) is 11.4 Å². The van der Waals surface area contributed by atoms with Crippen molar-refractivity contribution in [3.63, 3.8) is 0 Å². The van der Waals surface area contributed by atoms with E-state index in [2.05, 4.69) is 15.6 Å². The predicted molar refractivity (Wildman–Crippen MR) is 111 cm³/mol. The average molecular weight is 408 g/mol. The van der Waals surface area contributed by atoms with Crippen molar-refractivity contribution < 1.29 is 19.5 Å². The van der Waals surface area contributed by atoms with Gasteiger partial charge in [-0.05, 0) is 47.2 Å². The molecule has 4 aromatic rings. The molecule has 0 aliphatic heterocycles. The van der Waals surface area contributed by atoms with Gasteiger partial charge in [-0.15, -0.1) is 0 Å². The second kappa shape index (κ2) is 7.29. The molecule has 0 aliphatic carbocycles. The minimum Gasteiger partial charge on any atom is -0.474 e. The highest BCUT2D eigenvalue weighted by Gasteiger charge is 2.17. The molecular formula is C21H14ClN3O4.